The number of nitrogens with one attached hydrogen (secondary N) is 3. The van der Waals surface area contributed by atoms with E-state index in [0.717, 1.165) is 29.2 Å². The number of sulfonamides is 1. The number of ether oxygens (including phenoxy) is 3. The van der Waals surface area contributed by atoms with Gasteiger partial charge in [-0.25, -0.2) is 18.2 Å². The lowest BCUT2D eigenvalue weighted by Gasteiger charge is -2.30. The van der Waals surface area contributed by atoms with Crippen LogP contribution >= 0.6 is 0 Å². The molecule has 1 saturated heterocycles. The third kappa shape index (κ3) is 8.10. The maximum absolute atomic E-state index is 14.7. The average Bonchev–Trinajstić information content (AvgIpc) is 4.12. The first-order chi connectivity index (χ1) is 27.8. The molecule has 2 aliphatic carbocycles. The first kappa shape index (κ1) is 39.6. The molecule has 1 aromatic heterocycles. The third-order valence-electron chi connectivity index (χ3n) is 12.0. The molecule has 0 spiro atoms. The largest absolute Gasteiger partial charge is 0.496 e. The molecule has 14 nitrogen and oxygen atoms in total. The van der Waals surface area contributed by atoms with Gasteiger partial charge >= 0.3 is 6.09 Å². The number of benzene rings is 2. The molecule has 3 fully saturated rings. The smallest absolute Gasteiger partial charge is 0.407 e. The first-order valence-corrected chi connectivity index (χ1v) is 21.8. The Morgan fingerprint density at radius 1 is 1.02 bits per heavy atom. The highest BCUT2D eigenvalue weighted by Crippen LogP contribution is 2.46. The number of pyridine rings is 1. The minimum atomic E-state index is -3.90. The van der Waals surface area contributed by atoms with Gasteiger partial charge in [0, 0.05) is 39.5 Å². The molecule has 3 aliphatic heterocycles. The van der Waals surface area contributed by atoms with E-state index in [2.05, 4.69) is 15.4 Å². The van der Waals surface area contributed by atoms with Gasteiger partial charge in [0.05, 0.1) is 31.0 Å². The Hall–Kier alpha value is -5.18. The number of amides is 4. The summed E-state index contributed by atoms with van der Waals surface area (Å²) < 4.78 is 46.4. The highest BCUT2D eigenvalue weighted by atomic mass is 32.2. The number of methoxy groups -OCH3 is 1. The fraction of sp³-hybridized carbons (Fsp3) is 0.512. The molecule has 2 saturated carbocycles. The van der Waals surface area contributed by atoms with E-state index in [9.17, 15) is 27.6 Å². The molecule has 0 radical (unpaired) electrons. The van der Waals surface area contributed by atoms with E-state index in [4.69, 9.17) is 19.2 Å². The highest BCUT2D eigenvalue weighted by molar-refractivity contribution is 7.91. The number of aromatic nitrogens is 1. The number of rotatable bonds is 4. The van der Waals surface area contributed by atoms with Crippen LogP contribution in [-0.2, 0) is 29.1 Å². The van der Waals surface area contributed by atoms with Gasteiger partial charge in [0.1, 0.15) is 29.5 Å². The van der Waals surface area contributed by atoms with E-state index >= 15 is 0 Å². The van der Waals surface area contributed by atoms with Crippen molar-refractivity contribution >= 4 is 61.6 Å². The van der Waals surface area contributed by atoms with Crippen LogP contribution in [0.5, 0.6) is 11.6 Å². The lowest BCUT2D eigenvalue weighted by Crippen LogP contribution is -2.58. The number of para-hydroxylation sites is 1. The predicted molar refractivity (Wildman–Crippen MR) is 217 cm³/mol. The lowest BCUT2D eigenvalue weighted by atomic mass is 9.90. The van der Waals surface area contributed by atoms with Crippen LogP contribution in [0.4, 0.5) is 4.79 Å². The summed E-state index contributed by atoms with van der Waals surface area (Å²) in [5.41, 5.74) is -0.501. The molecule has 15 heteroatoms. The van der Waals surface area contributed by atoms with Crippen molar-refractivity contribution in [1.29, 1.82) is 0 Å². The summed E-state index contributed by atoms with van der Waals surface area (Å²) in [4.78, 5) is 62.8. The van der Waals surface area contributed by atoms with Gasteiger partial charge in [0.15, 0.2) is 0 Å². The van der Waals surface area contributed by atoms with E-state index in [0.29, 0.717) is 61.1 Å². The van der Waals surface area contributed by atoms with Gasteiger partial charge in [0.2, 0.25) is 27.7 Å². The monoisotopic (exact) mass is 813 g/mol. The molecule has 4 amide bonds. The second-order valence-electron chi connectivity index (χ2n) is 17.1. The summed E-state index contributed by atoms with van der Waals surface area (Å²) in [6.07, 6.45) is 11.3. The quantitative estimate of drug-likeness (QED) is 0.231. The van der Waals surface area contributed by atoms with Gasteiger partial charge < -0.3 is 29.7 Å². The lowest BCUT2D eigenvalue weighted by molar-refractivity contribution is -0.141. The van der Waals surface area contributed by atoms with Crippen molar-refractivity contribution in [2.24, 2.45) is 11.3 Å². The SMILES string of the molecule is COc1cc2c3cc1/C=C/CC(C)(C)COC(=O)N[C@H]1CCCCC/C=C\[C@@H]4C[C@@]4(C(=O)NS(=O)(=O)C4CC4)NC(=O)[C@@H]4C[C@H](CN4C1=O)Oc3nc1ccccc12. The van der Waals surface area contributed by atoms with Gasteiger partial charge in [0.25, 0.3) is 5.91 Å². The molecular weight excluding hydrogens is 763 g/mol. The number of hydrogen-bond donors (Lipinski definition) is 3. The Labute approximate surface area is 338 Å². The zero-order valence-electron chi connectivity index (χ0n) is 33.1. The van der Waals surface area contributed by atoms with Crippen LogP contribution in [0.3, 0.4) is 0 Å². The van der Waals surface area contributed by atoms with Gasteiger partial charge in [-0.2, -0.15) is 0 Å². The average molecular weight is 814 g/mol. The van der Waals surface area contributed by atoms with Crippen molar-refractivity contribution in [3.8, 4) is 11.6 Å². The Morgan fingerprint density at radius 2 is 1.83 bits per heavy atom. The predicted octanol–water partition coefficient (Wildman–Crippen LogP) is 5.29. The highest BCUT2D eigenvalue weighted by Gasteiger charge is 2.62. The van der Waals surface area contributed by atoms with E-state index < -0.39 is 74.1 Å². The normalized spacial score (nSPS) is 29.0. The summed E-state index contributed by atoms with van der Waals surface area (Å²) in [6, 6.07) is 9.49. The van der Waals surface area contributed by atoms with Gasteiger partial charge in [-0.3, -0.25) is 19.1 Å². The molecule has 2 aromatic carbocycles. The van der Waals surface area contributed by atoms with Crippen molar-refractivity contribution in [2.75, 3.05) is 20.3 Å². The van der Waals surface area contributed by atoms with Crippen LogP contribution in [0.2, 0.25) is 0 Å². The summed E-state index contributed by atoms with van der Waals surface area (Å²) in [5.74, 6) is -1.36. The molecule has 308 valence electrons. The Balaban J connectivity index is 1.20. The second-order valence-corrected chi connectivity index (χ2v) is 19.1. The number of alkyl carbamates (subject to hydrolysis) is 1. The summed E-state index contributed by atoms with van der Waals surface area (Å²) in [5, 5.41) is 7.55. The van der Waals surface area contributed by atoms with Gasteiger partial charge in [-0.15, -0.1) is 0 Å². The van der Waals surface area contributed by atoms with Crippen LogP contribution in [0.15, 0.2) is 54.6 Å². The zero-order chi connectivity index (χ0) is 40.8. The van der Waals surface area contributed by atoms with Crippen LogP contribution in [0.25, 0.3) is 27.8 Å². The maximum atomic E-state index is 14.7. The molecule has 3 N–H and O–H groups in total. The van der Waals surface area contributed by atoms with Crippen molar-refractivity contribution in [1.82, 2.24) is 25.2 Å². The Morgan fingerprint density at radius 3 is 2.62 bits per heavy atom. The number of cyclic esters (lactones) is 1. The minimum absolute atomic E-state index is 0.0192. The van der Waals surface area contributed by atoms with Crippen molar-refractivity contribution in [3.05, 3.63) is 60.2 Å². The minimum Gasteiger partial charge on any atom is -0.496 e. The maximum Gasteiger partial charge on any atom is 0.407 e. The van der Waals surface area contributed by atoms with Crippen LogP contribution < -0.4 is 24.8 Å². The van der Waals surface area contributed by atoms with Crippen molar-refractivity contribution < 1.29 is 41.8 Å². The molecule has 5 aliphatic rings. The molecule has 0 unspecified atom stereocenters. The van der Waals surface area contributed by atoms with Crippen molar-refractivity contribution in [3.63, 3.8) is 0 Å². The topological polar surface area (TPSA) is 182 Å². The number of carbonyl (C=O) groups excluding carboxylic acids is 4. The van der Waals surface area contributed by atoms with Crippen LogP contribution in [0, 0.1) is 11.3 Å². The Kier molecular flexibility index (Phi) is 10.6. The molecular formula is C43H51N5O9S. The number of carbonyl (C=O) groups is 4. The van der Waals surface area contributed by atoms with E-state index in [1.165, 1.54) is 4.90 Å². The second kappa shape index (κ2) is 15.5. The third-order valence-corrected chi connectivity index (χ3v) is 13.8. The van der Waals surface area contributed by atoms with Gasteiger partial charge in [-0.1, -0.05) is 69.2 Å². The standard InChI is InChI=1S/C43H51N5O9S/c1-42(2)19-11-12-26-20-32-31(22-36(26)55-3)30-14-9-10-15-33(30)44-38(32)57-28-21-35-37(49)46-43(40(51)47-58(53,54)29-17-18-29)23-27(43)13-7-5-4-6-8-16-34(39(50)48(35)24-28)45-41(52)56-25-42/h7,9-15,20,22,27-29,34-35H,4-6,8,16-19,21,23-25H2,1-3H3,(H,45,52)(H,46,49)(H,47,51)/b12-11+,13-7-/t27-,28-,34+,35+,43-/m1/s1. The van der Waals surface area contributed by atoms with E-state index in [1.54, 1.807) is 7.11 Å². The van der Waals surface area contributed by atoms with Crippen LogP contribution in [-0.4, -0.2) is 91.4 Å². The van der Waals surface area contributed by atoms with Crippen LogP contribution in [0.1, 0.15) is 83.6 Å². The zero-order valence-corrected chi connectivity index (χ0v) is 33.9. The van der Waals surface area contributed by atoms with E-state index in [1.807, 2.05) is 74.5 Å². The number of fused-ring (bicyclic) bond motifs is 6. The fourth-order valence-electron chi connectivity index (χ4n) is 8.38. The number of allylic oxidation sites excluding steroid dienone is 2. The fourth-order valence-corrected chi connectivity index (χ4v) is 9.74. The first-order valence-electron chi connectivity index (χ1n) is 20.3. The van der Waals surface area contributed by atoms with E-state index in [-0.39, 0.29) is 26.0 Å². The molecule has 3 aromatic rings. The summed E-state index contributed by atoms with van der Waals surface area (Å²) in [7, 11) is -2.29. The molecule has 58 heavy (non-hydrogen) atoms. The molecule has 8 rings (SSSR count). The summed E-state index contributed by atoms with van der Waals surface area (Å²) >= 11 is 0. The van der Waals surface area contributed by atoms with Gasteiger partial charge in [-0.05, 0) is 63.1 Å². The molecule has 5 atom stereocenters. The summed E-state index contributed by atoms with van der Waals surface area (Å²) in [6.45, 7) is 4.03. The molecule has 5 bridgehead atoms. The number of nitrogens with zero attached hydrogens (tertiary/aromatic N) is 2. The number of hydrogen-bond acceptors (Lipinski definition) is 10. The Bertz CT molecular complexity index is 2320. The van der Waals surface area contributed by atoms with Crippen molar-refractivity contribution in [2.45, 2.75) is 107 Å². The molecule has 4 heterocycles.